The van der Waals surface area contributed by atoms with Crippen molar-refractivity contribution >= 4 is 23.5 Å². The minimum atomic E-state index is -0.471. The quantitative estimate of drug-likeness (QED) is 0.477. The lowest BCUT2D eigenvalue weighted by atomic mass is 9.81. The van der Waals surface area contributed by atoms with Gasteiger partial charge in [0.15, 0.2) is 0 Å². The first-order valence-electron chi connectivity index (χ1n) is 9.38. The second kappa shape index (κ2) is 6.05. The number of carbonyl (C=O) groups excluding carboxylic acids is 3. The highest BCUT2D eigenvalue weighted by Gasteiger charge is 2.61. The molecule has 0 aromatic heterocycles. The van der Waals surface area contributed by atoms with Gasteiger partial charge in [-0.2, -0.15) is 0 Å². The molecule has 0 unspecified atom stereocenters. The highest BCUT2D eigenvalue weighted by atomic mass is 16.5. The van der Waals surface area contributed by atoms with Gasteiger partial charge >= 0.3 is 5.97 Å². The van der Waals surface area contributed by atoms with Crippen molar-refractivity contribution in [2.75, 3.05) is 4.90 Å². The molecule has 5 nitrogen and oxygen atoms in total. The van der Waals surface area contributed by atoms with E-state index in [1.807, 2.05) is 6.07 Å². The van der Waals surface area contributed by atoms with Gasteiger partial charge in [-0.25, -0.2) is 9.69 Å². The Morgan fingerprint density at radius 1 is 0.889 bits per heavy atom. The molecule has 5 heteroatoms. The lowest BCUT2D eigenvalue weighted by Crippen LogP contribution is -2.32. The lowest BCUT2D eigenvalue weighted by Gasteiger charge is -2.19. The maximum Gasteiger partial charge on any atom is 0.343 e. The van der Waals surface area contributed by atoms with Gasteiger partial charge in [0.2, 0.25) is 11.8 Å². The predicted octanol–water partition coefficient (Wildman–Crippen LogP) is 3.44. The van der Waals surface area contributed by atoms with E-state index in [9.17, 15) is 14.4 Å². The summed E-state index contributed by atoms with van der Waals surface area (Å²) in [7, 11) is 0. The summed E-state index contributed by atoms with van der Waals surface area (Å²) in [5.74, 6) is 0.0378. The Hall–Kier alpha value is -2.95. The van der Waals surface area contributed by atoms with Crippen LogP contribution in [-0.4, -0.2) is 17.8 Å². The van der Waals surface area contributed by atoms with E-state index in [0.717, 1.165) is 19.3 Å². The van der Waals surface area contributed by atoms with Gasteiger partial charge in [0.25, 0.3) is 0 Å². The summed E-state index contributed by atoms with van der Waals surface area (Å²) in [5, 5.41) is 0. The molecule has 3 aliphatic rings. The summed E-state index contributed by atoms with van der Waals surface area (Å²) in [6, 6.07) is 15.4. The Kier molecular flexibility index (Phi) is 3.64. The van der Waals surface area contributed by atoms with Crippen LogP contribution in [0.2, 0.25) is 0 Å². The molecule has 3 fully saturated rings. The van der Waals surface area contributed by atoms with Crippen molar-refractivity contribution in [1.82, 2.24) is 0 Å². The molecule has 2 aliphatic carbocycles. The molecule has 0 N–H and O–H groups in total. The molecule has 136 valence electrons. The third-order valence-corrected chi connectivity index (χ3v) is 6.22. The number of esters is 1. The lowest BCUT2D eigenvalue weighted by molar-refractivity contribution is -0.123. The number of ether oxygens (including phenoxy) is 1. The van der Waals surface area contributed by atoms with E-state index in [-0.39, 0.29) is 23.7 Å². The zero-order chi connectivity index (χ0) is 18.5. The molecule has 1 aliphatic heterocycles. The van der Waals surface area contributed by atoms with E-state index in [4.69, 9.17) is 4.74 Å². The zero-order valence-electron chi connectivity index (χ0n) is 14.7. The van der Waals surface area contributed by atoms with E-state index in [2.05, 4.69) is 0 Å². The summed E-state index contributed by atoms with van der Waals surface area (Å²) in [4.78, 5) is 39.4. The largest absolute Gasteiger partial charge is 0.423 e. The highest BCUT2D eigenvalue weighted by molar-refractivity contribution is 6.22. The predicted molar refractivity (Wildman–Crippen MR) is 98.1 cm³/mol. The maximum absolute atomic E-state index is 12.9. The van der Waals surface area contributed by atoms with Crippen molar-refractivity contribution in [3.63, 3.8) is 0 Å². The van der Waals surface area contributed by atoms with Crippen LogP contribution in [0.1, 0.15) is 29.6 Å². The SMILES string of the molecule is O=C(Oc1cccc(N2C(=O)[C@@H]3[C@H]4CC[C@@H](C4)[C@H]3C2=O)c1)c1ccccc1. The minimum absolute atomic E-state index is 0.0938. The Balaban J connectivity index is 1.40. The van der Waals surface area contributed by atoms with Crippen LogP contribution in [0.3, 0.4) is 0 Å². The molecule has 2 saturated carbocycles. The average molecular weight is 361 g/mol. The Morgan fingerprint density at radius 3 is 2.22 bits per heavy atom. The van der Waals surface area contributed by atoms with Crippen molar-refractivity contribution in [2.24, 2.45) is 23.7 Å². The van der Waals surface area contributed by atoms with Crippen molar-refractivity contribution in [3.8, 4) is 5.75 Å². The molecule has 4 atom stereocenters. The number of fused-ring (bicyclic) bond motifs is 5. The summed E-state index contributed by atoms with van der Waals surface area (Å²) in [5.41, 5.74) is 0.930. The van der Waals surface area contributed by atoms with E-state index in [1.165, 1.54) is 4.90 Å². The van der Waals surface area contributed by atoms with E-state index >= 15 is 0 Å². The van der Waals surface area contributed by atoms with Gasteiger partial charge in [-0.3, -0.25) is 9.59 Å². The fourth-order valence-corrected chi connectivity index (χ4v) is 5.09. The molecule has 2 amide bonds. The van der Waals surface area contributed by atoms with E-state index < -0.39 is 5.97 Å². The van der Waals surface area contributed by atoms with Crippen LogP contribution in [0.15, 0.2) is 54.6 Å². The van der Waals surface area contributed by atoms with Gasteiger partial charge < -0.3 is 4.74 Å². The van der Waals surface area contributed by atoms with Crippen LogP contribution >= 0.6 is 0 Å². The first-order chi connectivity index (χ1) is 13.1. The average Bonchev–Trinajstić information content (AvgIpc) is 3.36. The minimum Gasteiger partial charge on any atom is -0.423 e. The van der Waals surface area contributed by atoms with Crippen molar-refractivity contribution in [2.45, 2.75) is 19.3 Å². The fourth-order valence-electron chi connectivity index (χ4n) is 5.09. The Bertz CT molecular complexity index is 910. The molecule has 1 heterocycles. The Labute approximate surface area is 156 Å². The number of nitrogens with zero attached hydrogens (tertiary/aromatic N) is 1. The number of hydrogen-bond acceptors (Lipinski definition) is 4. The second-order valence-corrected chi connectivity index (χ2v) is 7.65. The van der Waals surface area contributed by atoms with Crippen molar-refractivity contribution < 1.29 is 19.1 Å². The van der Waals surface area contributed by atoms with Gasteiger partial charge in [-0.1, -0.05) is 24.3 Å². The standard InChI is InChI=1S/C22H19NO4/c24-20-18-14-9-10-15(11-14)19(18)21(25)23(20)16-7-4-8-17(12-16)27-22(26)13-5-2-1-3-6-13/h1-8,12,14-15,18-19H,9-11H2/t14-,15-,18+,19+/m0/s1. The van der Waals surface area contributed by atoms with Crippen LogP contribution in [0.25, 0.3) is 0 Å². The molecule has 0 radical (unpaired) electrons. The monoisotopic (exact) mass is 361 g/mol. The van der Waals surface area contributed by atoms with Gasteiger partial charge in [-0.15, -0.1) is 0 Å². The van der Waals surface area contributed by atoms with E-state index in [0.29, 0.717) is 28.8 Å². The van der Waals surface area contributed by atoms with Crippen LogP contribution in [0.5, 0.6) is 5.75 Å². The normalized spacial score (nSPS) is 28.5. The molecule has 27 heavy (non-hydrogen) atoms. The molecule has 2 aromatic rings. The Morgan fingerprint density at radius 2 is 1.56 bits per heavy atom. The molecular weight excluding hydrogens is 342 g/mol. The summed E-state index contributed by atoms with van der Waals surface area (Å²) in [6.07, 6.45) is 3.11. The fraction of sp³-hybridized carbons (Fsp3) is 0.318. The first kappa shape index (κ1) is 16.2. The summed E-state index contributed by atoms with van der Waals surface area (Å²) >= 11 is 0. The number of imide groups is 1. The number of benzene rings is 2. The number of carbonyl (C=O) groups is 3. The van der Waals surface area contributed by atoms with Crippen molar-refractivity contribution in [1.29, 1.82) is 0 Å². The van der Waals surface area contributed by atoms with Crippen LogP contribution < -0.4 is 9.64 Å². The van der Waals surface area contributed by atoms with Gasteiger partial charge in [0.1, 0.15) is 5.75 Å². The molecule has 2 aromatic carbocycles. The number of hydrogen-bond donors (Lipinski definition) is 0. The maximum atomic E-state index is 12.9. The topological polar surface area (TPSA) is 63.7 Å². The van der Waals surface area contributed by atoms with Crippen LogP contribution in [-0.2, 0) is 9.59 Å². The van der Waals surface area contributed by atoms with E-state index in [1.54, 1.807) is 48.5 Å². The molecule has 0 spiro atoms. The van der Waals surface area contributed by atoms with Gasteiger partial charge in [0.05, 0.1) is 23.1 Å². The smallest absolute Gasteiger partial charge is 0.343 e. The van der Waals surface area contributed by atoms with Crippen molar-refractivity contribution in [3.05, 3.63) is 60.2 Å². The van der Waals surface area contributed by atoms with Gasteiger partial charge in [0, 0.05) is 6.07 Å². The van der Waals surface area contributed by atoms with Gasteiger partial charge in [-0.05, 0) is 55.4 Å². The molecule has 2 bridgehead atoms. The number of anilines is 1. The number of rotatable bonds is 3. The summed E-state index contributed by atoms with van der Waals surface area (Å²) < 4.78 is 5.43. The highest BCUT2D eigenvalue weighted by Crippen LogP contribution is 2.56. The molecule has 1 saturated heterocycles. The van der Waals surface area contributed by atoms with Crippen LogP contribution in [0.4, 0.5) is 5.69 Å². The summed E-state index contributed by atoms with van der Waals surface area (Å²) in [6.45, 7) is 0. The van der Waals surface area contributed by atoms with Crippen LogP contribution in [0, 0.1) is 23.7 Å². The first-order valence-corrected chi connectivity index (χ1v) is 9.38. The third kappa shape index (κ3) is 2.49. The number of amides is 2. The molecule has 5 rings (SSSR count). The zero-order valence-corrected chi connectivity index (χ0v) is 14.7. The molecular formula is C22H19NO4. The second-order valence-electron chi connectivity index (χ2n) is 7.65. The third-order valence-electron chi connectivity index (χ3n) is 6.22.